The highest BCUT2D eigenvalue weighted by Gasteiger charge is 2.33. The standard InChI is InChI=1S/C9H11N3O4/c13-8-3-6(9(14)15)4-12(8)2-1-7-10-5-16-11-7/h5-6H,1-4H2,(H,14,15). The average Bonchev–Trinajstić information content (AvgIpc) is 2.84. The summed E-state index contributed by atoms with van der Waals surface area (Å²) < 4.78 is 4.56. The largest absolute Gasteiger partial charge is 0.481 e. The number of hydrogen-bond donors (Lipinski definition) is 1. The lowest BCUT2D eigenvalue weighted by molar-refractivity contribution is -0.141. The van der Waals surface area contributed by atoms with E-state index in [9.17, 15) is 9.59 Å². The molecule has 1 amide bonds. The lowest BCUT2D eigenvalue weighted by atomic mass is 10.1. The van der Waals surface area contributed by atoms with E-state index < -0.39 is 11.9 Å². The van der Waals surface area contributed by atoms with E-state index in [1.807, 2.05) is 0 Å². The van der Waals surface area contributed by atoms with Crippen molar-refractivity contribution in [3.63, 3.8) is 0 Å². The Morgan fingerprint density at radius 1 is 1.69 bits per heavy atom. The third kappa shape index (κ3) is 2.18. The van der Waals surface area contributed by atoms with Crippen LogP contribution in [-0.2, 0) is 16.0 Å². The van der Waals surface area contributed by atoms with Crippen LogP contribution in [0.1, 0.15) is 12.2 Å². The highest BCUT2D eigenvalue weighted by Crippen LogP contribution is 2.17. The summed E-state index contributed by atoms with van der Waals surface area (Å²) >= 11 is 0. The van der Waals surface area contributed by atoms with E-state index >= 15 is 0 Å². The number of rotatable bonds is 4. The third-order valence-electron chi connectivity index (χ3n) is 2.58. The first kappa shape index (κ1) is 10.6. The van der Waals surface area contributed by atoms with Crippen LogP contribution in [0.25, 0.3) is 0 Å². The summed E-state index contributed by atoms with van der Waals surface area (Å²) in [6.45, 7) is 0.703. The number of nitrogens with zero attached hydrogens (tertiary/aromatic N) is 3. The van der Waals surface area contributed by atoms with E-state index in [1.165, 1.54) is 11.3 Å². The number of carbonyl (C=O) groups is 2. The minimum Gasteiger partial charge on any atom is -0.481 e. The van der Waals surface area contributed by atoms with Gasteiger partial charge in [0.25, 0.3) is 0 Å². The molecule has 1 aromatic heterocycles. The Morgan fingerprint density at radius 3 is 3.06 bits per heavy atom. The molecule has 1 unspecified atom stereocenters. The number of hydrogen-bond acceptors (Lipinski definition) is 5. The maximum atomic E-state index is 11.4. The van der Waals surface area contributed by atoms with E-state index in [2.05, 4.69) is 14.7 Å². The van der Waals surface area contributed by atoms with Gasteiger partial charge in [-0.2, -0.15) is 4.98 Å². The molecule has 0 aromatic carbocycles. The van der Waals surface area contributed by atoms with Crippen molar-refractivity contribution in [2.45, 2.75) is 12.8 Å². The highest BCUT2D eigenvalue weighted by molar-refractivity contribution is 5.86. The zero-order valence-corrected chi connectivity index (χ0v) is 8.50. The van der Waals surface area contributed by atoms with Gasteiger partial charge >= 0.3 is 5.97 Å². The van der Waals surface area contributed by atoms with Gasteiger partial charge in [0.1, 0.15) is 0 Å². The topological polar surface area (TPSA) is 96.5 Å². The van der Waals surface area contributed by atoms with Crippen LogP contribution in [0.4, 0.5) is 0 Å². The first-order chi connectivity index (χ1) is 7.66. The van der Waals surface area contributed by atoms with Gasteiger partial charge in [0.05, 0.1) is 5.92 Å². The summed E-state index contributed by atoms with van der Waals surface area (Å²) in [6, 6.07) is 0. The fraction of sp³-hybridized carbons (Fsp3) is 0.556. The van der Waals surface area contributed by atoms with E-state index in [4.69, 9.17) is 5.11 Å². The molecule has 1 saturated heterocycles. The summed E-state index contributed by atoms with van der Waals surface area (Å²) in [7, 11) is 0. The fourth-order valence-electron chi connectivity index (χ4n) is 1.69. The molecule has 86 valence electrons. The second-order valence-electron chi connectivity index (χ2n) is 3.68. The Balaban J connectivity index is 1.87. The van der Waals surface area contributed by atoms with Crippen molar-refractivity contribution in [2.75, 3.05) is 13.1 Å². The summed E-state index contributed by atoms with van der Waals surface area (Å²) in [4.78, 5) is 27.5. The van der Waals surface area contributed by atoms with E-state index in [-0.39, 0.29) is 18.9 Å². The minimum absolute atomic E-state index is 0.0849. The molecule has 2 rings (SSSR count). The third-order valence-corrected chi connectivity index (χ3v) is 2.58. The second kappa shape index (κ2) is 4.30. The van der Waals surface area contributed by atoms with Crippen LogP contribution < -0.4 is 0 Å². The van der Waals surface area contributed by atoms with Crippen LogP contribution in [0, 0.1) is 5.92 Å². The first-order valence-electron chi connectivity index (χ1n) is 4.92. The van der Waals surface area contributed by atoms with Crippen molar-refractivity contribution in [1.29, 1.82) is 0 Å². The SMILES string of the molecule is O=C(O)C1CC(=O)N(CCc2ncon2)C1. The first-order valence-corrected chi connectivity index (χ1v) is 4.92. The van der Waals surface area contributed by atoms with Crippen molar-refractivity contribution in [3.8, 4) is 0 Å². The van der Waals surface area contributed by atoms with Crippen molar-refractivity contribution in [1.82, 2.24) is 15.0 Å². The van der Waals surface area contributed by atoms with Gasteiger partial charge in [-0.1, -0.05) is 5.16 Å². The van der Waals surface area contributed by atoms with E-state index in [1.54, 1.807) is 0 Å². The predicted molar refractivity (Wildman–Crippen MR) is 50.3 cm³/mol. The number of aliphatic carboxylic acids is 1. The number of carbonyl (C=O) groups excluding carboxylic acids is 1. The number of aromatic nitrogens is 2. The molecule has 0 radical (unpaired) electrons. The Labute approximate surface area is 91.0 Å². The quantitative estimate of drug-likeness (QED) is 0.745. The molecule has 0 spiro atoms. The zero-order valence-electron chi connectivity index (χ0n) is 8.50. The van der Waals surface area contributed by atoms with Crippen LogP contribution in [0.2, 0.25) is 0 Å². The maximum absolute atomic E-state index is 11.4. The average molecular weight is 225 g/mol. The fourth-order valence-corrected chi connectivity index (χ4v) is 1.69. The highest BCUT2D eigenvalue weighted by atomic mass is 16.5. The number of likely N-dealkylation sites (tertiary alicyclic amines) is 1. The van der Waals surface area contributed by atoms with Gasteiger partial charge in [-0.25, -0.2) is 0 Å². The molecule has 0 bridgehead atoms. The maximum Gasteiger partial charge on any atom is 0.308 e. The van der Waals surface area contributed by atoms with E-state index in [0.29, 0.717) is 18.8 Å². The van der Waals surface area contributed by atoms with Crippen LogP contribution >= 0.6 is 0 Å². The monoisotopic (exact) mass is 225 g/mol. The van der Waals surface area contributed by atoms with Crippen molar-refractivity contribution in [2.24, 2.45) is 5.92 Å². The molecule has 1 aliphatic rings. The molecule has 1 aliphatic heterocycles. The van der Waals surface area contributed by atoms with Gasteiger partial charge < -0.3 is 14.5 Å². The minimum atomic E-state index is -0.921. The molecule has 16 heavy (non-hydrogen) atoms. The van der Waals surface area contributed by atoms with Crippen LogP contribution in [0.3, 0.4) is 0 Å². The summed E-state index contributed by atoms with van der Waals surface area (Å²) in [6.07, 6.45) is 1.79. The van der Waals surface area contributed by atoms with E-state index in [0.717, 1.165) is 0 Å². The van der Waals surface area contributed by atoms with Gasteiger partial charge in [-0.3, -0.25) is 9.59 Å². The van der Waals surface area contributed by atoms with Crippen LogP contribution in [-0.4, -0.2) is 45.1 Å². The molecule has 1 N–H and O–H groups in total. The van der Waals surface area contributed by atoms with Gasteiger partial charge in [0.2, 0.25) is 12.3 Å². The zero-order chi connectivity index (χ0) is 11.5. The lowest BCUT2D eigenvalue weighted by Gasteiger charge is -2.14. The van der Waals surface area contributed by atoms with Crippen molar-refractivity contribution >= 4 is 11.9 Å². The Kier molecular flexibility index (Phi) is 2.84. The Hall–Kier alpha value is -1.92. The number of carboxylic acids is 1. The predicted octanol–water partition coefficient (Wildman–Crippen LogP) is -0.455. The van der Waals surface area contributed by atoms with Crippen molar-refractivity contribution in [3.05, 3.63) is 12.2 Å². The Bertz CT molecular complexity index is 389. The molecule has 2 heterocycles. The van der Waals surface area contributed by atoms with Crippen LogP contribution in [0.15, 0.2) is 10.9 Å². The molecular formula is C9H11N3O4. The summed E-state index contributed by atoms with van der Waals surface area (Å²) in [5, 5.41) is 12.4. The van der Waals surface area contributed by atoms with Crippen LogP contribution in [0.5, 0.6) is 0 Å². The molecule has 7 nitrogen and oxygen atoms in total. The lowest BCUT2D eigenvalue weighted by Crippen LogP contribution is -2.28. The summed E-state index contributed by atoms with van der Waals surface area (Å²) in [5.41, 5.74) is 0. The van der Waals surface area contributed by atoms with Gasteiger partial charge in [-0.05, 0) is 0 Å². The molecule has 0 aliphatic carbocycles. The van der Waals surface area contributed by atoms with Gasteiger partial charge in [0, 0.05) is 25.9 Å². The number of carboxylic acid groups (broad SMARTS) is 1. The number of amides is 1. The van der Waals surface area contributed by atoms with Crippen molar-refractivity contribution < 1.29 is 19.2 Å². The van der Waals surface area contributed by atoms with Gasteiger partial charge in [0.15, 0.2) is 5.82 Å². The molecular weight excluding hydrogens is 214 g/mol. The smallest absolute Gasteiger partial charge is 0.308 e. The molecule has 7 heteroatoms. The molecule has 0 saturated carbocycles. The summed E-state index contributed by atoms with van der Waals surface area (Å²) in [5.74, 6) is -1.12. The molecule has 1 atom stereocenters. The molecule has 1 fully saturated rings. The second-order valence-corrected chi connectivity index (χ2v) is 3.68. The molecule has 1 aromatic rings. The normalized spacial score (nSPS) is 20.4. The Morgan fingerprint density at radius 2 is 2.50 bits per heavy atom. The van der Waals surface area contributed by atoms with Gasteiger partial charge in [-0.15, -0.1) is 0 Å².